The molecular weight excluding hydrogens is 294 g/mol. The van der Waals surface area contributed by atoms with Gasteiger partial charge in [-0.05, 0) is 44.7 Å². The van der Waals surface area contributed by atoms with E-state index in [0.29, 0.717) is 30.4 Å². The van der Waals surface area contributed by atoms with Gasteiger partial charge in [-0.15, -0.1) is 0 Å². The fourth-order valence-corrected chi connectivity index (χ4v) is 2.85. The number of aromatic nitrogens is 1. The summed E-state index contributed by atoms with van der Waals surface area (Å²) in [5.41, 5.74) is 12.1. The van der Waals surface area contributed by atoms with Crippen LogP contribution in [-0.2, 0) is 4.79 Å². The molecule has 1 aromatic rings. The highest BCUT2D eigenvalue weighted by atomic mass is 16.2. The first-order valence-corrected chi connectivity index (χ1v) is 7.95. The normalized spacial score (nSPS) is 18.3. The average Bonchev–Trinajstić information content (AvgIpc) is 2.54. The number of nitrogens with two attached hydrogens (primary N) is 2. The summed E-state index contributed by atoms with van der Waals surface area (Å²) in [7, 11) is 0. The van der Waals surface area contributed by atoms with E-state index in [-0.39, 0.29) is 17.9 Å². The molecule has 2 atom stereocenters. The fourth-order valence-electron chi connectivity index (χ4n) is 2.85. The molecule has 0 aliphatic carbocycles. The molecule has 1 aliphatic heterocycles. The van der Waals surface area contributed by atoms with E-state index in [1.54, 1.807) is 24.0 Å². The van der Waals surface area contributed by atoms with E-state index in [4.69, 9.17) is 11.5 Å². The molecule has 1 aromatic heterocycles. The number of anilines is 1. The van der Waals surface area contributed by atoms with Gasteiger partial charge >= 0.3 is 0 Å². The Hall–Kier alpha value is -2.15. The van der Waals surface area contributed by atoms with Crippen LogP contribution in [0.25, 0.3) is 0 Å². The number of hydrogen-bond donors (Lipinski definition) is 3. The van der Waals surface area contributed by atoms with Crippen LogP contribution < -0.4 is 16.8 Å². The zero-order valence-electron chi connectivity index (χ0n) is 13.7. The standard InChI is InChI=1S/C16H25N5O2/c1-10(17)16(23)21-7-5-12(6-8-21)11(2)20-15(22)14-4-3-13(18)9-19-14/h3-4,9-12H,5-8,17-18H2,1-2H3,(H,20,22)/t10-,11?/m0/s1. The van der Waals surface area contributed by atoms with Crippen molar-refractivity contribution in [3.8, 4) is 0 Å². The Morgan fingerprint density at radius 3 is 2.48 bits per heavy atom. The van der Waals surface area contributed by atoms with Gasteiger partial charge in [0.25, 0.3) is 5.91 Å². The Labute approximate surface area is 136 Å². The maximum Gasteiger partial charge on any atom is 0.270 e. The lowest BCUT2D eigenvalue weighted by Crippen LogP contribution is -2.49. The van der Waals surface area contributed by atoms with Crippen LogP contribution in [0.2, 0.25) is 0 Å². The van der Waals surface area contributed by atoms with E-state index in [2.05, 4.69) is 10.3 Å². The third kappa shape index (κ3) is 4.41. The van der Waals surface area contributed by atoms with Crippen molar-refractivity contribution in [1.29, 1.82) is 0 Å². The minimum atomic E-state index is -0.458. The number of pyridine rings is 1. The van der Waals surface area contributed by atoms with Crippen molar-refractivity contribution >= 4 is 17.5 Å². The van der Waals surface area contributed by atoms with Crippen molar-refractivity contribution in [2.45, 2.75) is 38.8 Å². The van der Waals surface area contributed by atoms with Gasteiger partial charge in [-0.3, -0.25) is 9.59 Å². The highest BCUT2D eigenvalue weighted by Crippen LogP contribution is 2.21. The molecule has 7 heteroatoms. The number of nitrogens with zero attached hydrogens (tertiary/aromatic N) is 2. The SMILES string of the molecule is CC(NC(=O)c1ccc(N)cn1)C1CCN(C(=O)[C@H](C)N)CC1. The van der Waals surface area contributed by atoms with Crippen molar-refractivity contribution < 1.29 is 9.59 Å². The maximum absolute atomic E-state index is 12.2. The molecule has 126 valence electrons. The molecule has 0 saturated carbocycles. The zero-order chi connectivity index (χ0) is 17.0. The molecule has 0 radical (unpaired) electrons. The van der Waals surface area contributed by atoms with Crippen LogP contribution in [0.4, 0.5) is 5.69 Å². The molecule has 7 nitrogen and oxygen atoms in total. The van der Waals surface area contributed by atoms with Crippen molar-refractivity contribution in [1.82, 2.24) is 15.2 Å². The van der Waals surface area contributed by atoms with Gasteiger partial charge in [0.2, 0.25) is 5.91 Å². The summed E-state index contributed by atoms with van der Waals surface area (Å²) in [6.45, 7) is 5.07. The number of amides is 2. The van der Waals surface area contributed by atoms with Crippen molar-refractivity contribution in [3.05, 3.63) is 24.0 Å². The largest absolute Gasteiger partial charge is 0.397 e. The Kier molecular flexibility index (Phi) is 5.54. The number of rotatable bonds is 4. The second kappa shape index (κ2) is 7.41. The lowest BCUT2D eigenvalue weighted by molar-refractivity contribution is -0.133. The predicted octanol–water partition coefficient (Wildman–Crippen LogP) is 0.368. The summed E-state index contributed by atoms with van der Waals surface area (Å²) >= 11 is 0. The van der Waals surface area contributed by atoms with Crippen molar-refractivity contribution in [2.24, 2.45) is 11.7 Å². The van der Waals surface area contributed by atoms with Gasteiger partial charge < -0.3 is 21.7 Å². The number of nitrogen functional groups attached to an aromatic ring is 1. The van der Waals surface area contributed by atoms with Gasteiger partial charge in [-0.25, -0.2) is 4.98 Å². The molecule has 0 aromatic carbocycles. The monoisotopic (exact) mass is 319 g/mol. The van der Waals surface area contributed by atoms with E-state index in [1.807, 2.05) is 6.92 Å². The first-order chi connectivity index (χ1) is 10.9. The smallest absolute Gasteiger partial charge is 0.270 e. The second-order valence-electron chi connectivity index (χ2n) is 6.19. The molecule has 1 unspecified atom stereocenters. The zero-order valence-corrected chi connectivity index (χ0v) is 13.7. The first-order valence-electron chi connectivity index (χ1n) is 7.95. The molecule has 1 aliphatic rings. The molecule has 2 rings (SSSR count). The lowest BCUT2D eigenvalue weighted by Gasteiger charge is -2.35. The topological polar surface area (TPSA) is 114 Å². The summed E-state index contributed by atoms with van der Waals surface area (Å²) < 4.78 is 0. The lowest BCUT2D eigenvalue weighted by atomic mass is 9.90. The van der Waals surface area contributed by atoms with Gasteiger partial charge in [0.1, 0.15) is 5.69 Å². The van der Waals surface area contributed by atoms with Crippen molar-refractivity contribution in [3.63, 3.8) is 0 Å². The fraction of sp³-hybridized carbons (Fsp3) is 0.562. The molecule has 2 amide bonds. The molecule has 1 fully saturated rings. The highest BCUT2D eigenvalue weighted by Gasteiger charge is 2.28. The van der Waals surface area contributed by atoms with E-state index < -0.39 is 6.04 Å². The number of piperidine rings is 1. The van der Waals surface area contributed by atoms with Crippen molar-refractivity contribution in [2.75, 3.05) is 18.8 Å². The average molecular weight is 319 g/mol. The van der Waals surface area contributed by atoms with Gasteiger partial charge in [0.05, 0.1) is 17.9 Å². The van der Waals surface area contributed by atoms with Crippen LogP contribution in [0.5, 0.6) is 0 Å². The summed E-state index contributed by atoms with van der Waals surface area (Å²) in [6, 6.07) is 2.83. The third-order valence-corrected chi connectivity index (χ3v) is 4.33. The van der Waals surface area contributed by atoms with Gasteiger partial charge in [0.15, 0.2) is 0 Å². The number of nitrogens with one attached hydrogen (secondary N) is 1. The molecule has 1 saturated heterocycles. The number of carbonyl (C=O) groups is 2. The molecule has 2 heterocycles. The summed E-state index contributed by atoms with van der Waals surface area (Å²) in [5, 5.41) is 2.98. The Bertz CT molecular complexity index is 550. The summed E-state index contributed by atoms with van der Waals surface area (Å²) in [5.74, 6) is 0.127. The predicted molar refractivity (Wildman–Crippen MR) is 88.5 cm³/mol. The molecule has 23 heavy (non-hydrogen) atoms. The van der Waals surface area contributed by atoms with Crippen LogP contribution in [0.3, 0.4) is 0 Å². The quantitative estimate of drug-likeness (QED) is 0.741. The van der Waals surface area contributed by atoms with Crippen LogP contribution in [0, 0.1) is 5.92 Å². The third-order valence-electron chi connectivity index (χ3n) is 4.33. The van der Waals surface area contributed by atoms with E-state index in [1.165, 1.54) is 6.20 Å². The molecule has 0 spiro atoms. The second-order valence-corrected chi connectivity index (χ2v) is 6.19. The molecule has 0 bridgehead atoms. The van der Waals surface area contributed by atoms with Gasteiger partial charge in [-0.2, -0.15) is 0 Å². The first kappa shape index (κ1) is 17.2. The Morgan fingerprint density at radius 1 is 1.30 bits per heavy atom. The Balaban J connectivity index is 1.85. The number of likely N-dealkylation sites (tertiary alicyclic amines) is 1. The number of carbonyl (C=O) groups excluding carboxylic acids is 2. The highest BCUT2D eigenvalue weighted by molar-refractivity contribution is 5.92. The summed E-state index contributed by atoms with van der Waals surface area (Å²) in [4.78, 5) is 29.9. The van der Waals surface area contributed by atoms with Gasteiger partial charge in [0, 0.05) is 19.1 Å². The van der Waals surface area contributed by atoms with Crippen LogP contribution in [0.1, 0.15) is 37.2 Å². The molecular formula is C16H25N5O2. The maximum atomic E-state index is 12.2. The number of hydrogen-bond acceptors (Lipinski definition) is 5. The van der Waals surface area contributed by atoms with Crippen LogP contribution in [-0.4, -0.2) is 46.9 Å². The van der Waals surface area contributed by atoms with E-state index >= 15 is 0 Å². The van der Waals surface area contributed by atoms with Crippen LogP contribution >= 0.6 is 0 Å². The van der Waals surface area contributed by atoms with Crippen LogP contribution in [0.15, 0.2) is 18.3 Å². The van der Waals surface area contributed by atoms with E-state index in [0.717, 1.165) is 12.8 Å². The minimum absolute atomic E-state index is 0.00814. The van der Waals surface area contributed by atoms with E-state index in [9.17, 15) is 9.59 Å². The summed E-state index contributed by atoms with van der Waals surface area (Å²) in [6.07, 6.45) is 3.18. The van der Waals surface area contributed by atoms with Gasteiger partial charge in [-0.1, -0.05) is 0 Å². The minimum Gasteiger partial charge on any atom is -0.397 e. The Morgan fingerprint density at radius 2 is 1.96 bits per heavy atom. The molecule has 5 N–H and O–H groups in total.